The SMILES string of the molecule is O=C(C1=CCC(c2ccccc2)CC1)c1c2ccccc2n2c(C(F)(F)F)nc3ccccc3c12. The molecule has 1 aliphatic rings. The zero-order chi connectivity index (χ0) is 24.2. The number of carbonyl (C=O) groups is 1. The quantitative estimate of drug-likeness (QED) is 0.253. The summed E-state index contributed by atoms with van der Waals surface area (Å²) >= 11 is 0. The molecule has 35 heavy (non-hydrogen) atoms. The van der Waals surface area contributed by atoms with Gasteiger partial charge in [-0.15, -0.1) is 0 Å². The molecule has 2 heterocycles. The second kappa shape index (κ2) is 8.08. The number of rotatable bonds is 3. The Kier molecular flexibility index (Phi) is 4.99. The average molecular weight is 470 g/mol. The van der Waals surface area contributed by atoms with E-state index >= 15 is 0 Å². The first kappa shape index (κ1) is 21.6. The Morgan fingerprint density at radius 3 is 2.29 bits per heavy atom. The maximum Gasteiger partial charge on any atom is 0.450 e. The van der Waals surface area contributed by atoms with Crippen molar-refractivity contribution in [2.24, 2.45) is 0 Å². The summed E-state index contributed by atoms with van der Waals surface area (Å²) in [5.74, 6) is -0.903. The average Bonchev–Trinajstić information content (AvgIpc) is 3.23. The van der Waals surface area contributed by atoms with E-state index in [1.54, 1.807) is 48.5 Å². The second-order valence-corrected chi connectivity index (χ2v) is 8.97. The summed E-state index contributed by atoms with van der Waals surface area (Å²) in [6.07, 6.45) is -0.585. The number of carbonyl (C=O) groups excluding carboxylic acids is 1. The third-order valence-electron chi connectivity index (χ3n) is 6.93. The summed E-state index contributed by atoms with van der Waals surface area (Å²) in [7, 11) is 0. The van der Waals surface area contributed by atoms with E-state index in [0.29, 0.717) is 39.8 Å². The standard InChI is InChI=1S/C29H21F3N2O/c30-29(31,32)28-33-23-12-6-4-10-21(23)26-25(22-11-5-7-13-24(22)34(26)28)27(35)20-16-14-19(15-17-20)18-8-2-1-3-9-18/h1-13,16,19H,14-15,17H2. The van der Waals surface area contributed by atoms with Crippen molar-refractivity contribution in [2.75, 3.05) is 0 Å². The van der Waals surface area contributed by atoms with Crippen LogP contribution in [0.3, 0.4) is 0 Å². The molecule has 1 atom stereocenters. The molecule has 0 spiro atoms. The lowest BCUT2D eigenvalue weighted by Gasteiger charge is -2.22. The van der Waals surface area contributed by atoms with Crippen molar-refractivity contribution >= 4 is 33.1 Å². The van der Waals surface area contributed by atoms with E-state index < -0.39 is 12.0 Å². The lowest BCUT2D eigenvalue weighted by Crippen LogP contribution is -2.15. The first-order valence-corrected chi connectivity index (χ1v) is 11.6. The largest absolute Gasteiger partial charge is 0.450 e. The lowest BCUT2D eigenvalue weighted by molar-refractivity contribution is -0.145. The fraction of sp³-hybridized carbons (Fsp3) is 0.172. The van der Waals surface area contributed by atoms with Gasteiger partial charge in [-0.05, 0) is 48.4 Å². The van der Waals surface area contributed by atoms with E-state index in [2.05, 4.69) is 17.1 Å². The van der Waals surface area contributed by atoms with Crippen molar-refractivity contribution in [3.63, 3.8) is 0 Å². The molecule has 0 N–H and O–H groups in total. The molecule has 6 heteroatoms. The van der Waals surface area contributed by atoms with Gasteiger partial charge >= 0.3 is 6.18 Å². The Balaban J connectivity index is 1.57. The van der Waals surface area contributed by atoms with E-state index in [4.69, 9.17) is 0 Å². The van der Waals surface area contributed by atoms with Crippen molar-refractivity contribution in [3.05, 3.63) is 107 Å². The molecule has 0 bridgehead atoms. The molecule has 0 fully saturated rings. The van der Waals surface area contributed by atoms with Crippen molar-refractivity contribution in [1.82, 2.24) is 9.38 Å². The number of nitrogens with zero attached hydrogens (tertiary/aromatic N) is 2. The smallest absolute Gasteiger partial charge is 0.289 e. The summed E-state index contributed by atoms with van der Waals surface area (Å²) in [5, 5.41) is 1.03. The molecule has 6 rings (SSSR count). The molecule has 5 aromatic rings. The first-order valence-electron chi connectivity index (χ1n) is 11.6. The molecule has 3 aromatic carbocycles. The van der Waals surface area contributed by atoms with Gasteiger partial charge < -0.3 is 0 Å². The molecule has 0 amide bonds. The normalized spacial score (nSPS) is 16.7. The van der Waals surface area contributed by atoms with Gasteiger partial charge in [-0.3, -0.25) is 9.20 Å². The third kappa shape index (κ3) is 3.52. The first-order chi connectivity index (χ1) is 16.9. The van der Waals surface area contributed by atoms with Gasteiger partial charge in [0.1, 0.15) is 0 Å². The number of para-hydroxylation sites is 2. The van der Waals surface area contributed by atoms with Crippen LogP contribution in [-0.2, 0) is 6.18 Å². The fourth-order valence-electron chi connectivity index (χ4n) is 5.30. The molecule has 1 aliphatic carbocycles. The van der Waals surface area contributed by atoms with Crippen LogP contribution in [0.15, 0.2) is 90.5 Å². The Morgan fingerprint density at radius 2 is 1.57 bits per heavy atom. The van der Waals surface area contributed by atoms with Crippen LogP contribution in [0, 0.1) is 0 Å². The summed E-state index contributed by atoms with van der Waals surface area (Å²) < 4.78 is 43.6. The lowest BCUT2D eigenvalue weighted by atomic mass is 9.82. The van der Waals surface area contributed by atoms with E-state index in [-0.39, 0.29) is 16.8 Å². The predicted octanol–water partition coefficient (Wildman–Crippen LogP) is 7.74. The maximum atomic E-state index is 14.2. The number of alkyl halides is 3. The number of ketones is 1. The number of hydrogen-bond acceptors (Lipinski definition) is 2. The van der Waals surface area contributed by atoms with Crippen molar-refractivity contribution < 1.29 is 18.0 Å². The Labute approximate surface area is 199 Å². The highest BCUT2D eigenvalue weighted by atomic mass is 19.4. The van der Waals surface area contributed by atoms with Gasteiger partial charge in [-0.2, -0.15) is 13.2 Å². The van der Waals surface area contributed by atoms with E-state index in [1.807, 2.05) is 24.3 Å². The maximum absolute atomic E-state index is 14.2. The van der Waals surface area contributed by atoms with E-state index in [9.17, 15) is 18.0 Å². The Hall–Kier alpha value is -3.93. The van der Waals surface area contributed by atoms with Crippen LogP contribution in [0.1, 0.15) is 46.9 Å². The highest BCUT2D eigenvalue weighted by molar-refractivity contribution is 6.24. The number of halogens is 3. The molecule has 174 valence electrons. The number of Topliss-reactive ketones (excluding diaryl/α,β-unsaturated/α-hetero) is 1. The van der Waals surface area contributed by atoms with Gasteiger partial charge in [0.05, 0.1) is 22.1 Å². The number of hydrogen-bond donors (Lipinski definition) is 0. The van der Waals surface area contributed by atoms with Crippen LogP contribution in [0.25, 0.3) is 27.3 Å². The van der Waals surface area contributed by atoms with Crippen LogP contribution in [-0.4, -0.2) is 15.2 Å². The van der Waals surface area contributed by atoms with E-state index in [1.165, 1.54) is 5.56 Å². The Bertz CT molecular complexity index is 1630. The fourth-order valence-corrected chi connectivity index (χ4v) is 5.30. The topological polar surface area (TPSA) is 34.4 Å². The van der Waals surface area contributed by atoms with Crippen molar-refractivity contribution in [2.45, 2.75) is 31.4 Å². The molecule has 2 aromatic heterocycles. The Morgan fingerprint density at radius 1 is 0.886 bits per heavy atom. The minimum Gasteiger partial charge on any atom is -0.289 e. The molecule has 0 saturated heterocycles. The predicted molar refractivity (Wildman–Crippen MR) is 131 cm³/mol. The van der Waals surface area contributed by atoms with Gasteiger partial charge in [-0.1, -0.05) is 72.8 Å². The van der Waals surface area contributed by atoms with Crippen LogP contribution < -0.4 is 0 Å². The zero-order valence-corrected chi connectivity index (χ0v) is 18.7. The van der Waals surface area contributed by atoms with E-state index in [0.717, 1.165) is 17.2 Å². The number of allylic oxidation sites excluding steroid dienone is 2. The van der Waals surface area contributed by atoms with Crippen LogP contribution >= 0.6 is 0 Å². The van der Waals surface area contributed by atoms with Crippen LogP contribution in [0.5, 0.6) is 0 Å². The highest BCUT2D eigenvalue weighted by Crippen LogP contribution is 2.40. The van der Waals surface area contributed by atoms with Crippen LogP contribution in [0.2, 0.25) is 0 Å². The summed E-state index contributed by atoms with van der Waals surface area (Å²) in [4.78, 5) is 17.9. The summed E-state index contributed by atoms with van der Waals surface area (Å²) in [6, 6.07) is 23.7. The van der Waals surface area contributed by atoms with Crippen molar-refractivity contribution in [1.29, 1.82) is 0 Å². The molecule has 0 radical (unpaired) electrons. The van der Waals surface area contributed by atoms with Gasteiger partial charge in [0.15, 0.2) is 5.78 Å². The minimum atomic E-state index is -4.68. The van der Waals surface area contributed by atoms with Gasteiger partial charge in [0.2, 0.25) is 5.82 Å². The van der Waals surface area contributed by atoms with Crippen LogP contribution in [0.4, 0.5) is 13.2 Å². The zero-order valence-electron chi connectivity index (χ0n) is 18.7. The monoisotopic (exact) mass is 470 g/mol. The molecule has 0 saturated carbocycles. The summed E-state index contributed by atoms with van der Waals surface area (Å²) in [6.45, 7) is 0. The number of aromatic nitrogens is 2. The van der Waals surface area contributed by atoms with Crippen molar-refractivity contribution in [3.8, 4) is 0 Å². The molecular weight excluding hydrogens is 449 g/mol. The van der Waals surface area contributed by atoms with Gasteiger partial charge in [0, 0.05) is 10.8 Å². The summed E-state index contributed by atoms with van der Waals surface area (Å²) in [5.41, 5.74) is 3.02. The highest BCUT2D eigenvalue weighted by Gasteiger charge is 2.38. The molecule has 0 aliphatic heterocycles. The molecule has 3 nitrogen and oxygen atoms in total. The molecule has 1 unspecified atom stereocenters. The molecular formula is C29H21F3N2O. The number of fused-ring (bicyclic) bond motifs is 5. The van der Waals surface area contributed by atoms with Gasteiger partial charge in [0.25, 0.3) is 0 Å². The third-order valence-corrected chi connectivity index (χ3v) is 6.93. The second-order valence-electron chi connectivity index (χ2n) is 8.97. The van der Waals surface area contributed by atoms with Gasteiger partial charge in [-0.25, -0.2) is 4.98 Å². The minimum absolute atomic E-state index is 0.209. The number of benzene rings is 3.